The van der Waals surface area contributed by atoms with Crippen molar-refractivity contribution in [3.05, 3.63) is 36.4 Å². The minimum absolute atomic E-state index is 0.670. The average molecular weight is 163 g/mol. The number of hydrogen-bond donors (Lipinski definition) is 1. The summed E-state index contributed by atoms with van der Waals surface area (Å²) < 4.78 is 4.72. The second kappa shape index (κ2) is 2.73. The van der Waals surface area contributed by atoms with E-state index in [1.807, 2.05) is 23.3 Å². The molecule has 0 unspecified atom stereocenters. The molecule has 0 aromatic carbocycles. The van der Waals surface area contributed by atoms with Crippen molar-refractivity contribution in [1.29, 1.82) is 0 Å². The molecule has 12 heavy (non-hydrogen) atoms. The maximum Gasteiger partial charge on any atom is 0.176 e. The number of aromatic nitrogens is 1. The lowest BCUT2D eigenvalue weighted by Crippen LogP contribution is -2.24. The molecule has 2 heterocycles. The van der Waals surface area contributed by atoms with Crippen molar-refractivity contribution in [2.45, 2.75) is 0 Å². The monoisotopic (exact) mass is 163 g/mol. The van der Waals surface area contributed by atoms with Gasteiger partial charge in [-0.2, -0.15) is 0 Å². The van der Waals surface area contributed by atoms with Gasteiger partial charge in [0.1, 0.15) is 6.26 Å². The predicted molar refractivity (Wildman–Crippen MR) is 45.3 cm³/mol. The van der Waals surface area contributed by atoms with Crippen molar-refractivity contribution in [3.8, 4) is 0 Å². The molecule has 0 bridgehead atoms. The number of nitrogens with two attached hydrogens (primary N) is 1. The van der Waals surface area contributed by atoms with Crippen LogP contribution in [-0.2, 0) is 0 Å². The zero-order valence-corrected chi connectivity index (χ0v) is 6.47. The Morgan fingerprint density at radius 2 is 2.50 bits per heavy atom. The van der Waals surface area contributed by atoms with Gasteiger partial charge in [0.05, 0.1) is 6.54 Å². The van der Waals surface area contributed by atoms with E-state index < -0.39 is 0 Å². The zero-order valence-electron chi connectivity index (χ0n) is 6.47. The Bertz CT molecular complexity index is 313. The summed E-state index contributed by atoms with van der Waals surface area (Å²) in [5, 5.41) is 3.79. The maximum atomic E-state index is 5.64. The molecule has 0 saturated carbocycles. The van der Waals surface area contributed by atoms with Crippen LogP contribution >= 0.6 is 0 Å². The smallest absolute Gasteiger partial charge is 0.176 e. The summed E-state index contributed by atoms with van der Waals surface area (Å²) in [4.78, 5) is 1.92. The Hall–Kier alpha value is -1.71. The Labute approximate surface area is 69.9 Å². The fourth-order valence-corrected chi connectivity index (χ4v) is 1.08. The molecule has 0 amide bonds. The number of allylic oxidation sites excluding steroid dienone is 2. The summed E-state index contributed by atoms with van der Waals surface area (Å²) in [7, 11) is 0. The van der Waals surface area contributed by atoms with Crippen LogP contribution in [0.3, 0.4) is 0 Å². The maximum absolute atomic E-state index is 5.64. The summed E-state index contributed by atoms with van der Waals surface area (Å²) in [6, 6.07) is 1.79. The molecule has 4 nitrogen and oxygen atoms in total. The number of anilines is 1. The first kappa shape index (κ1) is 6.97. The van der Waals surface area contributed by atoms with E-state index >= 15 is 0 Å². The van der Waals surface area contributed by atoms with Gasteiger partial charge in [-0.1, -0.05) is 5.16 Å². The van der Waals surface area contributed by atoms with Gasteiger partial charge in [-0.3, -0.25) is 0 Å². The van der Waals surface area contributed by atoms with Crippen molar-refractivity contribution in [2.24, 2.45) is 5.73 Å². The van der Waals surface area contributed by atoms with Crippen molar-refractivity contribution in [3.63, 3.8) is 0 Å². The molecule has 0 aliphatic carbocycles. The summed E-state index contributed by atoms with van der Waals surface area (Å²) in [5.74, 6) is 0.780. The van der Waals surface area contributed by atoms with Crippen LogP contribution in [0.1, 0.15) is 0 Å². The molecule has 0 spiro atoms. The summed E-state index contributed by atoms with van der Waals surface area (Å²) in [5.41, 5.74) is 6.46. The molecule has 1 aliphatic heterocycles. The van der Waals surface area contributed by atoms with Crippen LogP contribution in [0.5, 0.6) is 0 Å². The van der Waals surface area contributed by atoms with Crippen molar-refractivity contribution >= 4 is 5.82 Å². The fourth-order valence-electron chi connectivity index (χ4n) is 1.08. The Balaban J connectivity index is 2.19. The van der Waals surface area contributed by atoms with Gasteiger partial charge < -0.3 is 15.2 Å². The third-order valence-electron chi connectivity index (χ3n) is 1.65. The normalized spacial score (nSPS) is 16.3. The molecule has 62 valence electrons. The van der Waals surface area contributed by atoms with Crippen molar-refractivity contribution in [1.82, 2.24) is 5.16 Å². The molecule has 1 aromatic rings. The Kier molecular flexibility index (Phi) is 1.59. The van der Waals surface area contributed by atoms with E-state index in [2.05, 4.69) is 5.16 Å². The van der Waals surface area contributed by atoms with Crippen molar-refractivity contribution in [2.75, 3.05) is 11.4 Å². The molecule has 1 aliphatic rings. The third-order valence-corrected chi connectivity index (χ3v) is 1.65. The van der Waals surface area contributed by atoms with Gasteiger partial charge in [0, 0.05) is 18.0 Å². The lowest BCUT2D eigenvalue weighted by Gasteiger charge is -2.19. The molecule has 2 N–H and O–H groups in total. The second-order valence-corrected chi connectivity index (χ2v) is 2.57. The Morgan fingerprint density at radius 1 is 1.58 bits per heavy atom. The van der Waals surface area contributed by atoms with Gasteiger partial charge >= 0.3 is 0 Å². The first-order valence-corrected chi connectivity index (χ1v) is 3.66. The van der Waals surface area contributed by atoms with Crippen molar-refractivity contribution < 1.29 is 4.52 Å². The van der Waals surface area contributed by atoms with Gasteiger partial charge in [0.2, 0.25) is 0 Å². The molecule has 0 saturated heterocycles. The van der Waals surface area contributed by atoms with Crippen LogP contribution in [0, 0.1) is 0 Å². The minimum Gasteiger partial charge on any atom is -0.401 e. The number of hydrogen-bond acceptors (Lipinski definition) is 4. The fraction of sp³-hybridized carbons (Fsp3) is 0.125. The lowest BCUT2D eigenvalue weighted by atomic mass is 10.3. The van der Waals surface area contributed by atoms with E-state index in [1.54, 1.807) is 6.07 Å². The highest BCUT2D eigenvalue weighted by Crippen LogP contribution is 2.13. The molecule has 1 aromatic heterocycles. The van der Waals surface area contributed by atoms with Crippen LogP contribution in [0.25, 0.3) is 0 Å². The second-order valence-electron chi connectivity index (χ2n) is 2.57. The highest BCUT2D eigenvalue weighted by Gasteiger charge is 2.08. The standard InChI is InChI=1S/C8H9N3O/c9-7-2-1-4-11(6-7)8-3-5-12-10-8/h1-5H,6,9H2. The SMILES string of the molecule is NC1=CC=CN(c2ccon2)C1. The largest absolute Gasteiger partial charge is 0.401 e. The highest BCUT2D eigenvalue weighted by molar-refractivity contribution is 5.44. The lowest BCUT2D eigenvalue weighted by molar-refractivity contribution is 0.420. The first-order valence-electron chi connectivity index (χ1n) is 3.66. The molecule has 0 radical (unpaired) electrons. The first-order chi connectivity index (χ1) is 5.86. The van der Waals surface area contributed by atoms with E-state index in [-0.39, 0.29) is 0 Å². The van der Waals surface area contributed by atoms with Gasteiger partial charge in [-0.25, -0.2) is 0 Å². The van der Waals surface area contributed by atoms with Crippen LogP contribution in [-0.4, -0.2) is 11.7 Å². The van der Waals surface area contributed by atoms with Gasteiger partial charge in [-0.05, 0) is 12.2 Å². The number of rotatable bonds is 1. The average Bonchev–Trinajstić information content (AvgIpc) is 2.56. The quantitative estimate of drug-likeness (QED) is 0.666. The molecule has 2 rings (SSSR count). The minimum atomic E-state index is 0.670. The molecule has 4 heteroatoms. The molecule has 0 atom stereocenters. The van der Waals surface area contributed by atoms with E-state index in [1.165, 1.54) is 6.26 Å². The zero-order chi connectivity index (χ0) is 8.39. The topological polar surface area (TPSA) is 55.3 Å². The summed E-state index contributed by atoms with van der Waals surface area (Å²) >= 11 is 0. The third kappa shape index (κ3) is 1.18. The van der Waals surface area contributed by atoms with Crippen LogP contribution in [0.15, 0.2) is 40.9 Å². The summed E-state index contributed by atoms with van der Waals surface area (Å²) in [6.45, 7) is 0.670. The van der Waals surface area contributed by atoms with Crippen LogP contribution in [0.2, 0.25) is 0 Å². The predicted octanol–water partition coefficient (Wildman–Crippen LogP) is 0.851. The molecular weight excluding hydrogens is 154 g/mol. The Morgan fingerprint density at radius 3 is 3.17 bits per heavy atom. The van der Waals surface area contributed by atoms with E-state index in [0.717, 1.165) is 11.5 Å². The number of nitrogens with zero attached hydrogens (tertiary/aromatic N) is 2. The van der Waals surface area contributed by atoms with E-state index in [9.17, 15) is 0 Å². The summed E-state index contributed by atoms with van der Waals surface area (Å²) in [6.07, 6.45) is 7.20. The van der Waals surface area contributed by atoms with Gasteiger partial charge in [-0.15, -0.1) is 0 Å². The van der Waals surface area contributed by atoms with Gasteiger partial charge in [0.25, 0.3) is 0 Å². The van der Waals surface area contributed by atoms with E-state index in [4.69, 9.17) is 10.3 Å². The van der Waals surface area contributed by atoms with Gasteiger partial charge in [0.15, 0.2) is 5.82 Å². The van der Waals surface area contributed by atoms with Crippen LogP contribution in [0.4, 0.5) is 5.82 Å². The molecule has 0 fully saturated rings. The highest BCUT2D eigenvalue weighted by atomic mass is 16.5. The van der Waals surface area contributed by atoms with Crippen LogP contribution < -0.4 is 10.6 Å². The van der Waals surface area contributed by atoms with E-state index in [0.29, 0.717) is 6.54 Å². The molecular formula is C8H9N3O.